The number of nitrogen functional groups attached to an aromatic ring is 1. The molecule has 3 rings (SSSR count). The van der Waals surface area contributed by atoms with Gasteiger partial charge in [0.1, 0.15) is 10.6 Å². The molecule has 1 fully saturated rings. The van der Waals surface area contributed by atoms with Gasteiger partial charge in [0, 0.05) is 11.4 Å². The fraction of sp³-hybridized carbons (Fsp3) is 0.538. The number of aliphatic hydroxyl groups is 1. The minimum Gasteiger partial charge on any atom is -0.394 e. The normalized spacial score (nSPS) is 19.5. The van der Waals surface area contributed by atoms with Gasteiger partial charge in [0.2, 0.25) is 5.95 Å². The van der Waals surface area contributed by atoms with Crippen molar-refractivity contribution in [2.24, 2.45) is 0 Å². The van der Waals surface area contributed by atoms with Crippen LogP contribution in [0.5, 0.6) is 0 Å². The molecule has 0 saturated carbocycles. The summed E-state index contributed by atoms with van der Waals surface area (Å²) in [7, 11) is 0. The fourth-order valence-corrected chi connectivity index (χ4v) is 3.64. The van der Waals surface area contributed by atoms with E-state index in [0.29, 0.717) is 5.95 Å². The van der Waals surface area contributed by atoms with Crippen LogP contribution in [0, 0.1) is 0 Å². The summed E-state index contributed by atoms with van der Waals surface area (Å²) in [4.78, 5) is 13.1. The van der Waals surface area contributed by atoms with Crippen LogP contribution in [0.1, 0.15) is 24.6 Å². The molecular weight excluding hydrogens is 260 g/mol. The number of fused-ring (bicyclic) bond motifs is 1. The Kier molecular flexibility index (Phi) is 3.28. The lowest BCUT2D eigenvalue weighted by Gasteiger charge is -2.24. The van der Waals surface area contributed by atoms with Gasteiger partial charge in [-0.25, -0.2) is 4.98 Å². The van der Waals surface area contributed by atoms with Crippen molar-refractivity contribution >= 4 is 33.3 Å². The van der Waals surface area contributed by atoms with Crippen LogP contribution in [0.3, 0.4) is 0 Å². The number of nitrogens with zero attached hydrogens (tertiary/aromatic N) is 3. The van der Waals surface area contributed by atoms with Gasteiger partial charge < -0.3 is 15.7 Å². The van der Waals surface area contributed by atoms with E-state index >= 15 is 0 Å². The third kappa shape index (κ3) is 2.15. The quantitative estimate of drug-likeness (QED) is 0.895. The smallest absolute Gasteiger partial charge is 0.223 e. The number of hydrogen-bond donors (Lipinski definition) is 2. The van der Waals surface area contributed by atoms with Crippen LogP contribution in [0.4, 0.5) is 11.8 Å². The van der Waals surface area contributed by atoms with E-state index in [0.717, 1.165) is 41.8 Å². The van der Waals surface area contributed by atoms with Crippen molar-refractivity contribution in [1.29, 1.82) is 0 Å². The Labute approximate surface area is 116 Å². The number of anilines is 2. The molecule has 0 spiro atoms. The lowest BCUT2D eigenvalue weighted by molar-refractivity contribution is 0.266. The number of hydrogen-bond acceptors (Lipinski definition) is 6. The second kappa shape index (κ2) is 4.94. The van der Waals surface area contributed by atoms with E-state index in [2.05, 4.69) is 27.9 Å². The molecule has 3 heterocycles. The number of rotatable bonds is 3. The van der Waals surface area contributed by atoms with E-state index < -0.39 is 0 Å². The topological polar surface area (TPSA) is 75.3 Å². The van der Waals surface area contributed by atoms with Crippen LogP contribution in [0.25, 0.3) is 10.2 Å². The van der Waals surface area contributed by atoms with Crippen molar-refractivity contribution in [3.05, 3.63) is 10.9 Å². The molecule has 19 heavy (non-hydrogen) atoms. The standard InChI is InChI=1S/C13H18N4OS/c1-2-9-6-10-11(15-13(14)16-12(10)19-9)17-5-3-4-8(17)7-18/h6,8,18H,2-5,7H2,1H3,(H2,14,15,16). The van der Waals surface area contributed by atoms with E-state index in [-0.39, 0.29) is 12.6 Å². The maximum Gasteiger partial charge on any atom is 0.223 e. The summed E-state index contributed by atoms with van der Waals surface area (Å²) in [6.07, 6.45) is 3.08. The monoisotopic (exact) mass is 278 g/mol. The van der Waals surface area contributed by atoms with Gasteiger partial charge in [0.15, 0.2) is 0 Å². The van der Waals surface area contributed by atoms with Gasteiger partial charge in [0.25, 0.3) is 0 Å². The Morgan fingerprint density at radius 3 is 3.11 bits per heavy atom. The predicted octanol–water partition coefficient (Wildman–Crippen LogP) is 1.80. The van der Waals surface area contributed by atoms with E-state index in [4.69, 9.17) is 5.73 Å². The molecule has 1 aliphatic rings. The molecule has 102 valence electrons. The third-order valence-electron chi connectivity index (χ3n) is 3.65. The van der Waals surface area contributed by atoms with Gasteiger partial charge in [-0.3, -0.25) is 0 Å². The van der Waals surface area contributed by atoms with Crippen molar-refractivity contribution in [2.45, 2.75) is 32.2 Å². The largest absolute Gasteiger partial charge is 0.394 e. The minimum atomic E-state index is 0.155. The predicted molar refractivity (Wildman–Crippen MR) is 78.7 cm³/mol. The summed E-state index contributed by atoms with van der Waals surface area (Å²) >= 11 is 1.67. The SMILES string of the molecule is CCc1cc2c(N3CCCC3CO)nc(N)nc2s1. The van der Waals surface area contributed by atoms with Crippen LogP contribution in [-0.4, -0.2) is 34.3 Å². The third-order valence-corrected chi connectivity index (χ3v) is 4.82. The molecule has 1 atom stereocenters. The first-order valence-corrected chi connectivity index (χ1v) is 7.48. The molecule has 0 aliphatic carbocycles. The highest BCUT2D eigenvalue weighted by Crippen LogP contribution is 2.34. The van der Waals surface area contributed by atoms with Crippen molar-refractivity contribution in [3.8, 4) is 0 Å². The zero-order valence-electron chi connectivity index (χ0n) is 11.0. The highest BCUT2D eigenvalue weighted by molar-refractivity contribution is 7.18. The zero-order chi connectivity index (χ0) is 13.4. The first-order valence-electron chi connectivity index (χ1n) is 6.66. The molecule has 1 unspecified atom stereocenters. The van der Waals surface area contributed by atoms with Crippen LogP contribution in [-0.2, 0) is 6.42 Å². The summed E-state index contributed by atoms with van der Waals surface area (Å²) in [5.74, 6) is 1.20. The highest BCUT2D eigenvalue weighted by Gasteiger charge is 2.27. The minimum absolute atomic E-state index is 0.155. The fourth-order valence-electron chi connectivity index (χ4n) is 2.67. The number of nitrogens with two attached hydrogens (primary N) is 1. The molecule has 0 aromatic carbocycles. The van der Waals surface area contributed by atoms with Crippen molar-refractivity contribution in [2.75, 3.05) is 23.8 Å². The van der Waals surface area contributed by atoms with E-state index in [9.17, 15) is 5.11 Å². The van der Waals surface area contributed by atoms with Gasteiger partial charge in [-0.15, -0.1) is 11.3 Å². The van der Waals surface area contributed by atoms with Gasteiger partial charge in [0.05, 0.1) is 18.0 Å². The number of aliphatic hydroxyl groups excluding tert-OH is 1. The van der Waals surface area contributed by atoms with Gasteiger partial charge >= 0.3 is 0 Å². The summed E-state index contributed by atoms with van der Waals surface area (Å²) in [5, 5.41) is 10.5. The molecule has 1 saturated heterocycles. The maximum absolute atomic E-state index is 9.48. The van der Waals surface area contributed by atoms with E-state index in [1.807, 2.05) is 0 Å². The van der Waals surface area contributed by atoms with Crippen molar-refractivity contribution in [3.63, 3.8) is 0 Å². The molecule has 0 amide bonds. The molecule has 6 heteroatoms. The first kappa shape index (κ1) is 12.6. The van der Waals surface area contributed by atoms with Crippen LogP contribution in [0.2, 0.25) is 0 Å². The van der Waals surface area contributed by atoms with Gasteiger partial charge in [-0.05, 0) is 25.3 Å². The Bertz CT molecular complexity index is 598. The molecule has 2 aromatic rings. The lowest BCUT2D eigenvalue weighted by atomic mass is 10.2. The van der Waals surface area contributed by atoms with Crippen LogP contribution in [0.15, 0.2) is 6.07 Å². The van der Waals surface area contributed by atoms with Gasteiger partial charge in [-0.1, -0.05) is 6.92 Å². The number of thiophene rings is 1. The first-order chi connectivity index (χ1) is 9.22. The van der Waals surface area contributed by atoms with Crippen molar-refractivity contribution < 1.29 is 5.11 Å². The number of aromatic nitrogens is 2. The molecule has 3 N–H and O–H groups in total. The highest BCUT2D eigenvalue weighted by atomic mass is 32.1. The molecular formula is C13H18N4OS. The van der Waals surface area contributed by atoms with Gasteiger partial charge in [-0.2, -0.15) is 4.98 Å². The Morgan fingerprint density at radius 2 is 2.37 bits per heavy atom. The van der Waals surface area contributed by atoms with Crippen LogP contribution >= 0.6 is 11.3 Å². The van der Waals surface area contributed by atoms with E-state index in [1.54, 1.807) is 11.3 Å². The second-order valence-corrected chi connectivity index (χ2v) is 5.98. The average molecular weight is 278 g/mol. The molecule has 0 bridgehead atoms. The Morgan fingerprint density at radius 1 is 1.53 bits per heavy atom. The zero-order valence-corrected chi connectivity index (χ0v) is 11.8. The summed E-state index contributed by atoms with van der Waals surface area (Å²) in [5.41, 5.74) is 5.83. The Balaban J connectivity index is 2.13. The molecule has 5 nitrogen and oxygen atoms in total. The summed E-state index contributed by atoms with van der Waals surface area (Å²) < 4.78 is 0. The molecule has 1 aliphatic heterocycles. The number of aryl methyl sites for hydroxylation is 1. The maximum atomic E-state index is 9.48. The second-order valence-electron chi connectivity index (χ2n) is 4.86. The average Bonchev–Trinajstić information content (AvgIpc) is 3.02. The Hall–Kier alpha value is -1.40. The van der Waals surface area contributed by atoms with Crippen molar-refractivity contribution in [1.82, 2.24) is 9.97 Å². The van der Waals surface area contributed by atoms with Crippen LogP contribution < -0.4 is 10.6 Å². The molecule has 2 aromatic heterocycles. The summed E-state index contributed by atoms with van der Waals surface area (Å²) in [6, 6.07) is 2.31. The summed E-state index contributed by atoms with van der Waals surface area (Å²) in [6.45, 7) is 3.22. The van der Waals surface area contributed by atoms with E-state index in [1.165, 1.54) is 4.88 Å². The molecule has 0 radical (unpaired) electrons. The lowest BCUT2D eigenvalue weighted by Crippen LogP contribution is -2.33.